The number of likely N-dealkylation sites (tertiary alicyclic amines) is 1. The van der Waals surface area contributed by atoms with Gasteiger partial charge in [0.2, 0.25) is 0 Å². The zero-order chi connectivity index (χ0) is 14.5. The van der Waals surface area contributed by atoms with Crippen LogP contribution >= 0.6 is 0 Å². The minimum absolute atomic E-state index is 0.00893. The Morgan fingerprint density at radius 2 is 2.40 bits per heavy atom. The smallest absolute Gasteiger partial charge is 0.254 e. The van der Waals surface area contributed by atoms with E-state index in [4.69, 9.17) is 10.9 Å². The first-order valence-electron chi connectivity index (χ1n) is 6.99. The Morgan fingerprint density at radius 3 is 3.10 bits per heavy atom. The number of nitrogens with one attached hydrogen (secondary N) is 1. The predicted molar refractivity (Wildman–Crippen MR) is 77.1 cm³/mol. The number of hydrogen-bond donors (Lipinski definition) is 3. The number of amides is 1. The van der Waals surface area contributed by atoms with Gasteiger partial charge in [-0.3, -0.25) is 4.79 Å². The van der Waals surface area contributed by atoms with Crippen LogP contribution in [0.15, 0.2) is 12.1 Å². The first-order chi connectivity index (χ1) is 9.63. The summed E-state index contributed by atoms with van der Waals surface area (Å²) >= 11 is 0. The normalized spacial score (nSPS) is 18.9. The molecule has 6 heteroatoms. The fraction of sp³-hybridized carbons (Fsp3) is 0.571. The molecule has 6 nitrogen and oxygen atoms in total. The summed E-state index contributed by atoms with van der Waals surface area (Å²) in [5.74, 6) is 6.27. The van der Waals surface area contributed by atoms with Gasteiger partial charge in [-0.2, -0.15) is 0 Å². The van der Waals surface area contributed by atoms with Crippen molar-refractivity contribution in [3.8, 4) is 0 Å². The summed E-state index contributed by atoms with van der Waals surface area (Å²) in [6.07, 6.45) is 2.83. The predicted octanol–water partition coefficient (Wildman–Crippen LogP) is 0.910. The van der Waals surface area contributed by atoms with Crippen molar-refractivity contribution in [1.82, 2.24) is 9.88 Å². The highest BCUT2D eigenvalue weighted by molar-refractivity contribution is 5.95. The number of carbonyl (C=O) groups excluding carboxylic acids is 1. The van der Waals surface area contributed by atoms with Gasteiger partial charge >= 0.3 is 0 Å². The molecular formula is C14H22N4O2. The van der Waals surface area contributed by atoms with Crippen molar-refractivity contribution >= 4 is 11.7 Å². The van der Waals surface area contributed by atoms with E-state index in [0.717, 1.165) is 31.5 Å². The molecule has 1 aliphatic heterocycles. The van der Waals surface area contributed by atoms with Crippen LogP contribution in [0.1, 0.15) is 35.3 Å². The molecule has 0 radical (unpaired) electrons. The van der Waals surface area contributed by atoms with E-state index in [1.807, 2.05) is 11.8 Å². The van der Waals surface area contributed by atoms with Gasteiger partial charge in [0.25, 0.3) is 5.91 Å². The van der Waals surface area contributed by atoms with Crippen LogP contribution in [0.3, 0.4) is 0 Å². The van der Waals surface area contributed by atoms with Crippen molar-refractivity contribution in [3.63, 3.8) is 0 Å². The summed E-state index contributed by atoms with van der Waals surface area (Å²) in [6.45, 7) is 3.50. The van der Waals surface area contributed by atoms with Gasteiger partial charge in [-0.25, -0.2) is 10.8 Å². The fourth-order valence-corrected chi connectivity index (χ4v) is 2.72. The Hall–Kier alpha value is -1.66. The summed E-state index contributed by atoms with van der Waals surface area (Å²) < 4.78 is 0. The molecular weight excluding hydrogens is 256 g/mol. The van der Waals surface area contributed by atoms with Gasteiger partial charge in [0, 0.05) is 31.0 Å². The minimum Gasteiger partial charge on any atom is -0.396 e. The van der Waals surface area contributed by atoms with Crippen molar-refractivity contribution in [2.45, 2.75) is 26.2 Å². The number of aryl methyl sites for hydroxylation is 1. The molecule has 0 bridgehead atoms. The highest BCUT2D eigenvalue weighted by Gasteiger charge is 2.24. The largest absolute Gasteiger partial charge is 0.396 e. The van der Waals surface area contributed by atoms with Crippen LogP contribution in [-0.4, -0.2) is 40.6 Å². The topological polar surface area (TPSA) is 91.5 Å². The van der Waals surface area contributed by atoms with Crippen LogP contribution in [0, 0.1) is 12.8 Å². The lowest BCUT2D eigenvalue weighted by molar-refractivity contribution is 0.0653. The number of aromatic nitrogens is 1. The van der Waals surface area contributed by atoms with Gasteiger partial charge in [-0.15, -0.1) is 0 Å². The number of pyridine rings is 1. The molecule has 1 unspecified atom stereocenters. The van der Waals surface area contributed by atoms with Crippen LogP contribution < -0.4 is 11.3 Å². The SMILES string of the molecule is Cc1cc(C(=O)N2CCCC(CCO)C2)cc(NN)n1. The van der Waals surface area contributed by atoms with E-state index < -0.39 is 0 Å². The van der Waals surface area contributed by atoms with Gasteiger partial charge in [0.1, 0.15) is 5.82 Å². The number of aliphatic hydroxyl groups excluding tert-OH is 1. The molecule has 0 aliphatic carbocycles. The zero-order valence-electron chi connectivity index (χ0n) is 11.8. The highest BCUT2D eigenvalue weighted by Crippen LogP contribution is 2.21. The monoisotopic (exact) mass is 278 g/mol. The maximum atomic E-state index is 12.5. The van der Waals surface area contributed by atoms with E-state index >= 15 is 0 Å². The second kappa shape index (κ2) is 6.67. The number of hydrazine groups is 1. The summed E-state index contributed by atoms with van der Waals surface area (Å²) in [5, 5.41) is 9.03. The molecule has 1 aromatic heterocycles. The molecule has 110 valence electrons. The van der Waals surface area contributed by atoms with Crippen LogP contribution in [0.5, 0.6) is 0 Å². The molecule has 4 N–H and O–H groups in total. The number of nitrogens with two attached hydrogens (primary N) is 1. The van der Waals surface area contributed by atoms with E-state index in [2.05, 4.69) is 10.4 Å². The van der Waals surface area contributed by atoms with Crippen molar-refractivity contribution in [3.05, 3.63) is 23.4 Å². The number of nitrogen functional groups attached to an aromatic ring is 1. The Kier molecular flexibility index (Phi) is 4.92. The van der Waals surface area contributed by atoms with Crippen LogP contribution in [0.25, 0.3) is 0 Å². The van der Waals surface area contributed by atoms with Crippen LogP contribution in [0.4, 0.5) is 5.82 Å². The third kappa shape index (κ3) is 3.46. The Morgan fingerprint density at radius 1 is 1.60 bits per heavy atom. The van der Waals surface area contributed by atoms with E-state index in [1.165, 1.54) is 0 Å². The molecule has 2 heterocycles. The van der Waals surface area contributed by atoms with Gasteiger partial charge < -0.3 is 15.4 Å². The van der Waals surface area contributed by atoms with Crippen LogP contribution in [0.2, 0.25) is 0 Å². The number of carbonyl (C=O) groups is 1. The lowest BCUT2D eigenvalue weighted by Crippen LogP contribution is -2.40. The number of hydrogen-bond acceptors (Lipinski definition) is 5. The molecule has 20 heavy (non-hydrogen) atoms. The number of piperidine rings is 1. The molecule has 0 saturated carbocycles. The number of aliphatic hydroxyl groups is 1. The third-order valence-corrected chi connectivity index (χ3v) is 3.69. The second-order valence-electron chi connectivity index (χ2n) is 5.30. The molecule has 1 aromatic rings. The van der Waals surface area contributed by atoms with E-state index in [9.17, 15) is 4.79 Å². The molecule has 1 atom stereocenters. The third-order valence-electron chi connectivity index (χ3n) is 3.69. The summed E-state index contributed by atoms with van der Waals surface area (Å²) in [5.41, 5.74) is 3.84. The number of rotatable bonds is 4. The number of anilines is 1. The lowest BCUT2D eigenvalue weighted by Gasteiger charge is -2.32. The Bertz CT molecular complexity index is 476. The molecule has 2 rings (SSSR count). The molecule has 0 aromatic carbocycles. The van der Waals surface area contributed by atoms with E-state index in [-0.39, 0.29) is 12.5 Å². The van der Waals surface area contributed by atoms with Crippen LogP contribution in [-0.2, 0) is 0 Å². The maximum Gasteiger partial charge on any atom is 0.254 e. The molecule has 1 saturated heterocycles. The van der Waals surface area contributed by atoms with Gasteiger partial charge in [-0.1, -0.05) is 0 Å². The quantitative estimate of drug-likeness (QED) is 0.562. The van der Waals surface area contributed by atoms with Crippen molar-refractivity contribution in [2.75, 3.05) is 25.1 Å². The van der Waals surface area contributed by atoms with Gasteiger partial charge in [0.15, 0.2) is 0 Å². The second-order valence-corrected chi connectivity index (χ2v) is 5.30. The first kappa shape index (κ1) is 14.7. The molecule has 1 amide bonds. The average molecular weight is 278 g/mol. The molecule has 1 aliphatic rings. The van der Waals surface area contributed by atoms with Gasteiger partial charge in [0.05, 0.1) is 0 Å². The van der Waals surface area contributed by atoms with E-state index in [0.29, 0.717) is 23.8 Å². The summed E-state index contributed by atoms with van der Waals surface area (Å²) in [6, 6.07) is 3.45. The zero-order valence-corrected chi connectivity index (χ0v) is 11.8. The summed E-state index contributed by atoms with van der Waals surface area (Å²) in [4.78, 5) is 18.6. The van der Waals surface area contributed by atoms with Gasteiger partial charge in [-0.05, 0) is 44.2 Å². The Labute approximate surface area is 119 Å². The number of nitrogens with zero attached hydrogens (tertiary/aromatic N) is 2. The fourth-order valence-electron chi connectivity index (χ4n) is 2.72. The molecule has 0 spiro atoms. The minimum atomic E-state index is 0.00893. The van der Waals surface area contributed by atoms with E-state index in [1.54, 1.807) is 12.1 Å². The van der Waals surface area contributed by atoms with Crippen molar-refractivity contribution in [1.29, 1.82) is 0 Å². The standard InChI is InChI=1S/C14H22N4O2/c1-10-7-12(8-13(16-10)17-15)14(20)18-5-2-3-11(9-18)4-6-19/h7-8,11,19H,2-6,9,15H2,1H3,(H,16,17). The maximum absolute atomic E-state index is 12.5. The van der Waals surface area contributed by atoms with Crippen molar-refractivity contribution in [2.24, 2.45) is 11.8 Å². The summed E-state index contributed by atoms with van der Waals surface area (Å²) in [7, 11) is 0. The lowest BCUT2D eigenvalue weighted by atomic mass is 9.94. The first-order valence-corrected chi connectivity index (χ1v) is 6.99. The molecule has 1 fully saturated rings. The highest BCUT2D eigenvalue weighted by atomic mass is 16.3. The average Bonchev–Trinajstić information content (AvgIpc) is 2.46. The Balaban J connectivity index is 2.12. The van der Waals surface area contributed by atoms with Crippen molar-refractivity contribution < 1.29 is 9.90 Å².